The molecule has 29 heavy (non-hydrogen) atoms. The van der Waals surface area contributed by atoms with E-state index in [1.165, 1.54) is 19.2 Å². The molecule has 2 N–H and O–H groups in total. The zero-order chi connectivity index (χ0) is 21.0. The summed E-state index contributed by atoms with van der Waals surface area (Å²) in [6, 6.07) is 4.63. The van der Waals surface area contributed by atoms with E-state index in [4.69, 9.17) is 0 Å². The smallest absolute Gasteiger partial charge is 0.384 e. The Morgan fingerprint density at radius 2 is 2.03 bits per heavy atom. The Labute approximate surface area is 167 Å². The topological polar surface area (TPSA) is 76.0 Å². The van der Waals surface area contributed by atoms with Crippen molar-refractivity contribution in [2.24, 2.45) is 24.3 Å². The van der Waals surface area contributed by atoms with Crippen LogP contribution in [0.3, 0.4) is 0 Å². The van der Waals surface area contributed by atoms with Gasteiger partial charge in [-0.25, -0.2) is 18.1 Å². The van der Waals surface area contributed by atoms with E-state index in [-0.39, 0.29) is 29.6 Å². The summed E-state index contributed by atoms with van der Waals surface area (Å²) in [5, 5.41) is 3.19. The minimum Gasteiger partial charge on any atom is -0.384 e. The van der Waals surface area contributed by atoms with Gasteiger partial charge < -0.3 is 9.88 Å². The molecule has 1 heterocycles. The normalized spacial score (nSPS) is 26.0. The molecule has 3 aliphatic rings. The molecule has 1 aromatic carbocycles. The highest BCUT2D eigenvalue weighted by molar-refractivity contribution is 7.89. The largest absolute Gasteiger partial charge is 0.394 e. The summed E-state index contributed by atoms with van der Waals surface area (Å²) in [6.45, 7) is 0.386. The van der Waals surface area contributed by atoms with E-state index in [2.05, 4.69) is 15.0 Å². The third-order valence-electron chi connectivity index (χ3n) is 6.42. The maximum absolute atomic E-state index is 13.3. The Morgan fingerprint density at radius 3 is 2.55 bits per heavy atom. The molecule has 3 aliphatic carbocycles. The number of benzene rings is 1. The molecule has 0 aliphatic heterocycles. The molecule has 1 unspecified atom stereocenters. The molecular weight excluding hydrogens is 405 g/mol. The van der Waals surface area contributed by atoms with E-state index in [9.17, 15) is 21.6 Å². The lowest BCUT2D eigenvalue weighted by Gasteiger charge is -2.68. The van der Waals surface area contributed by atoms with Crippen molar-refractivity contribution in [3.63, 3.8) is 0 Å². The molecular formula is C19H23F3N4O2S. The monoisotopic (exact) mass is 428 g/mol. The maximum Gasteiger partial charge on any atom is 0.394 e. The van der Waals surface area contributed by atoms with Gasteiger partial charge in [-0.15, -0.1) is 0 Å². The summed E-state index contributed by atoms with van der Waals surface area (Å²) in [7, 11) is -0.492. The Kier molecular flexibility index (Phi) is 4.69. The molecule has 0 amide bonds. The number of imidazole rings is 1. The number of halogens is 3. The van der Waals surface area contributed by atoms with Gasteiger partial charge in [0.15, 0.2) is 0 Å². The van der Waals surface area contributed by atoms with E-state index in [0.717, 1.165) is 0 Å². The summed E-state index contributed by atoms with van der Waals surface area (Å²) >= 11 is 0. The fourth-order valence-electron chi connectivity index (χ4n) is 4.64. The molecule has 2 aromatic rings. The van der Waals surface area contributed by atoms with E-state index < -0.39 is 21.6 Å². The van der Waals surface area contributed by atoms with Crippen LogP contribution in [-0.4, -0.2) is 37.7 Å². The number of sulfonamides is 1. The van der Waals surface area contributed by atoms with Crippen LogP contribution in [0.5, 0.6) is 0 Å². The minimum atomic E-state index is -4.13. The second kappa shape index (κ2) is 6.73. The number of rotatable bonds is 7. The van der Waals surface area contributed by atoms with Crippen LogP contribution in [0, 0.1) is 17.3 Å². The molecule has 158 valence electrons. The highest BCUT2D eigenvalue weighted by atomic mass is 32.2. The molecule has 0 spiro atoms. The van der Waals surface area contributed by atoms with Crippen LogP contribution in [-0.2, 0) is 17.1 Å². The molecule has 0 saturated heterocycles. The Balaban J connectivity index is 1.53. The third kappa shape index (κ3) is 3.22. The third-order valence-corrected chi connectivity index (χ3v) is 7.83. The first-order valence-electron chi connectivity index (χ1n) is 9.44. The summed E-state index contributed by atoms with van der Waals surface area (Å²) < 4.78 is 68.3. The van der Waals surface area contributed by atoms with Gasteiger partial charge in [-0.05, 0) is 56.3 Å². The van der Waals surface area contributed by atoms with Crippen molar-refractivity contribution in [1.82, 2.24) is 14.3 Å². The summed E-state index contributed by atoms with van der Waals surface area (Å²) in [5.74, 6) is -0.144. The molecule has 6 nitrogen and oxygen atoms in total. The van der Waals surface area contributed by atoms with Gasteiger partial charge in [0.05, 0.1) is 22.3 Å². The van der Waals surface area contributed by atoms with Gasteiger partial charge in [-0.2, -0.15) is 13.2 Å². The lowest BCUT2D eigenvalue weighted by Crippen LogP contribution is -2.68. The molecule has 1 atom stereocenters. The Hall–Kier alpha value is -2.07. The SMILES string of the molecule is CNS(=O)(=O)c1ccc(NCCC2C3CC2(C(F)(F)F)C3)c(-c2cn(C)cn2)c1. The minimum absolute atomic E-state index is 0.0995. The van der Waals surface area contributed by atoms with Crippen molar-refractivity contribution in [1.29, 1.82) is 0 Å². The Bertz CT molecular complexity index is 1030. The molecule has 2 bridgehead atoms. The second-order valence-corrected chi connectivity index (χ2v) is 9.87. The molecule has 1 aromatic heterocycles. The molecule has 0 radical (unpaired) electrons. The van der Waals surface area contributed by atoms with E-state index >= 15 is 0 Å². The maximum atomic E-state index is 13.3. The van der Waals surface area contributed by atoms with Crippen LogP contribution in [0.25, 0.3) is 11.3 Å². The van der Waals surface area contributed by atoms with Gasteiger partial charge in [0.25, 0.3) is 0 Å². The van der Waals surface area contributed by atoms with Crippen molar-refractivity contribution >= 4 is 15.7 Å². The number of hydrogen-bond donors (Lipinski definition) is 2. The highest BCUT2D eigenvalue weighted by Gasteiger charge is 2.76. The van der Waals surface area contributed by atoms with Crippen LogP contribution < -0.4 is 10.0 Å². The highest BCUT2D eigenvalue weighted by Crippen LogP contribution is 2.75. The van der Waals surface area contributed by atoms with E-state index in [0.29, 0.717) is 29.9 Å². The summed E-state index contributed by atoms with van der Waals surface area (Å²) in [4.78, 5) is 4.39. The van der Waals surface area contributed by atoms with E-state index in [1.807, 2.05) is 0 Å². The zero-order valence-corrected chi connectivity index (χ0v) is 16.9. The average molecular weight is 428 g/mol. The predicted octanol–water partition coefficient (Wildman–Crippen LogP) is 3.39. The average Bonchev–Trinajstić information content (AvgIpc) is 3.01. The number of nitrogens with zero attached hydrogens (tertiary/aromatic N) is 2. The van der Waals surface area contributed by atoms with Crippen LogP contribution in [0.2, 0.25) is 0 Å². The lowest BCUT2D eigenvalue weighted by molar-refractivity contribution is -0.363. The fraction of sp³-hybridized carbons (Fsp3) is 0.526. The van der Waals surface area contributed by atoms with Gasteiger partial charge in [0.1, 0.15) is 0 Å². The van der Waals surface area contributed by atoms with Crippen LogP contribution >= 0.6 is 0 Å². The van der Waals surface area contributed by atoms with Crippen LogP contribution in [0.1, 0.15) is 19.3 Å². The molecule has 10 heteroatoms. The number of aryl methyl sites for hydroxylation is 1. The molecule has 3 fully saturated rings. The predicted molar refractivity (Wildman–Crippen MR) is 103 cm³/mol. The van der Waals surface area contributed by atoms with Crippen molar-refractivity contribution < 1.29 is 21.6 Å². The first kappa shape index (κ1) is 20.2. The van der Waals surface area contributed by atoms with Gasteiger partial charge in [-0.3, -0.25) is 0 Å². The number of alkyl halides is 3. The van der Waals surface area contributed by atoms with Crippen LogP contribution in [0.4, 0.5) is 18.9 Å². The quantitative estimate of drug-likeness (QED) is 0.709. The van der Waals surface area contributed by atoms with Crippen molar-refractivity contribution in [3.8, 4) is 11.3 Å². The number of anilines is 1. The Morgan fingerprint density at radius 1 is 1.31 bits per heavy atom. The number of nitrogens with one attached hydrogen (secondary N) is 2. The second-order valence-electron chi connectivity index (χ2n) is 7.98. The van der Waals surface area contributed by atoms with Gasteiger partial charge in [0.2, 0.25) is 10.0 Å². The van der Waals surface area contributed by atoms with Gasteiger partial charge >= 0.3 is 6.18 Å². The summed E-state index contributed by atoms with van der Waals surface area (Å²) in [5.41, 5.74) is 0.342. The van der Waals surface area contributed by atoms with E-state index in [1.54, 1.807) is 30.2 Å². The standard InChI is InChI=1S/C19H23F3N4O2S/c1-23-29(27,28)13-3-4-16(14(7-13)17-10-26(2)11-25-17)24-6-5-15-12-8-18(15,9-12)19(20,21)22/h3-4,7,10-12,15,23-24H,5-6,8-9H2,1-2H3. The number of aromatic nitrogens is 2. The molecule has 5 rings (SSSR count). The van der Waals surface area contributed by atoms with Gasteiger partial charge in [-0.1, -0.05) is 0 Å². The summed E-state index contributed by atoms with van der Waals surface area (Å²) in [6.07, 6.45) is 0.189. The lowest BCUT2D eigenvalue weighted by atomic mass is 9.36. The van der Waals surface area contributed by atoms with Crippen molar-refractivity contribution in [2.45, 2.75) is 30.3 Å². The number of hydrogen-bond acceptors (Lipinski definition) is 4. The van der Waals surface area contributed by atoms with Crippen molar-refractivity contribution in [3.05, 3.63) is 30.7 Å². The van der Waals surface area contributed by atoms with Crippen molar-refractivity contribution in [2.75, 3.05) is 18.9 Å². The van der Waals surface area contributed by atoms with Gasteiger partial charge in [0, 0.05) is 31.0 Å². The first-order chi connectivity index (χ1) is 13.6. The van der Waals surface area contributed by atoms with Crippen LogP contribution in [0.15, 0.2) is 35.6 Å². The zero-order valence-electron chi connectivity index (χ0n) is 16.1. The first-order valence-corrected chi connectivity index (χ1v) is 10.9. The fourth-order valence-corrected chi connectivity index (χ4v) is 5.39. The molecule has 3 saturated carbocycles.